The van der Waals surface area contributed by atoms with Gasteiger partial charge in [0.2, 0.25) is 0 Å². The van der Waals surface area contributed by atoms with Gasteiger partial charge in [0.05, 0.1) is 17.1 Å². The molecular weight excluding hydrogens is 413 g/mol. The molecular formula is C23H22FN5OS. The molecule has 1 aromatic carbocycles. The highest BCUT2D eigenvalue weighted by Crippen LogP contribution is 2.39. The smallest absolute Gasteiger partial charge is 0.167 e. The zero-order valence-electron chi connectivity index (χ0n) is 17.5. The summed E-state index contributed by atoms with van der Waals surface area (Å²) in [7, 11) is 1.67. The van der Waals surface area contributed by atoms with E-state index in [1.165, 1.54) is 18.3 Å². The zero-order valence-corrected chi connectivity index (χ0v) is 18.3. The van der Waals surface area contributed by atoms with Crippen LogP contribution in [0.5, 0.6) is 0 Å². The zero-order chi connectivity index (χ0) is 22.0. The second-order valence-electron chi connectivity index (χ2n) is 7.15. The van der Waals surface area contributed by atoms with Crippen molar-refractivity contribution in [3.05, 3.63) is 75.1 Å². The van der Waals surface area contributed by atoms with Crippen molar-refractivity contribution in [3.8, 4) is 16.8 Å². The van der Waals surface area contributed by atoms with Crippen LogP contribution in [0.2, 0.25) is 0 Å². The number of hydrogen-bond donors (Lipinski definition) is 1. The fourth-order valence-electron chi connectivity index (χ4n) is 3.47. The summed E-state index contributed by atoms with van der Waals surface area (Å²) in [6.07, 6.45) is 3.48. The number of ether oxygens (including phenoxy) is 1. The maximum Gasteiger partial charge on any atom is 0.167 e. The first-order chi connectivity index (χ1) is 15.0. The van der Waals surface area contributed by atoms with E-state index in [-0.39, 0.29) is 11.9 Å². The van der Waals surface area contributed by atoms with Gasteiger partial charge >= 0.3 is 0 Å². The van der Waals surface area contributed by atoms with Crippen LogP contribution < -0.4 is 5.73 Å². The summed E-state index contributed by atoms with van der Waals surface area (Å²) in [6.45, 7) is 4.33. The number of hydrogen-bond acceptors (Lipinski definition) is 6. The van der Waals surface area contributed by atoms with E-state index in [1.54, 1.807) is 36.7 Å². The molecule has 0 amide bonds. The SMILES string of the molecule is CN=CC(C#Cc1sc2c(c1Cc1ccc(F)cc1)CO[C@@H](C)c1nnc(C)n1-2)=CN. The van der Waals surface area contributed by atoms with Crippen LogP contribution in [0, 0.1) is 24.6 Å². The van der Waals surface area contributed by atoms with Crippen LogP contribution in [-0.4, -0.2) is 28.0 Å². The molecule has 1 atom stereocenters. The Bertz CT molecular complexity index is 1230. The van der Waals surface area contributed by atoms with Gasteiger partial charge in [-0.05, 0) is 43.5 Å². The molecule has 0 saturated heterocycles. The molecule has 0 aliphatic carbocycles. The highest BCUT2D eigenvalue weighted by molar-refractivity contribution is 7.15. The van der Waals surface area contributed by atoms with Crippen LogP contribution in [-0.2, 0) is 17.8 Å². The van der Waals surface area contributed by atoms with Crippen LogP contribution in [0.3, 0.4) is 0 Å². The van der Waals surface area contributed by atoms with Gasteiger partial charge < -0.3 is 10.5 Å². The van der Waals surface area contributed by atoms with Crippen molar-refractivity contribution in [1.29, 1.82) is 0 Å². The molecule has 8 heteroatoms. The molecule has 0 spiro atoms. The number of nitrogens with two attached hydrogens (primary N) is 1. The number of allylic oxidation sites excluding steroid dienone is 1. The molecule has 0 saturated carbocycles. The predicted molar refractivity (Wildman–Crippen MR) is 120 cm³/mol. The Morgan fingerprint density at radius 2 is 2.16 bits per heavy atom. The highest BCUT2D eigenvalue weighted by atomic mass is 32.1. The summed E-state index contributed by atoms with van der Waals surface area (Å²) in [4.78, 5) is 4.89. The summed E-state index contributed by atoms with van der Waals surface area (Å²) in [5.74, 6) is 7.66. The standard InChI is InChI=1S/C23H22FN5OS/c1-14-22-28-27-15(2)29(22)23-20(13-30-14)19(10-16-4-7-18(24)8-5-16)21(31-23)9-6-17(11-25)12-26-3/h4-5,7-8,11-12,14H,10,13,25H2,1-3H3/t14-/m0/s1. The molecule has 0 fully saturated rings. The fourth-order valence-corrected chi connectivity index (χ4v) is 4.71. The third-order valence-corrected chi connectivity index (χ3v) is 6.23. The van der Waals surface area contributed by atoms with Crippen molar-refractivity contribution in [2.75, 3.05) is 7.05 Å². The number of halogens is 1. The minimum atomic E-state index is -0.258. The topological polar surface area (TPSA) is 78.3 Å². The summed E-state index contributed by atoms with van der Waals surface area (Å²) in [5, 5.41) is 9.57. The maximum atomic E-state index is 13.4. The first kappa shape index (κ1) is 21.0. The summed E-state index contributed by atoms with van der Waals surface area (Å²) in [6, 6.07) is 6.53. The van der Waals surface area contributed by atoms with Crippen LogP contribution in [0.1, 0.15) is 46.2 Å². The first-order valence-corrected chi connectivity index (χ1v) is 10.6. The molecule has 0 radical (unpaired) electrons. The number of aromatic nitrogens is 3. The minimum Gasteiger partial charge on any atom is -0.404 e. The molecule has 2 N–H and O–H groups in total. The highest BCUT2D eigenvalue weighted by Gasteiger charge is 2.28. The first-order valence-electron chi connectivity index (χ1n) is 9.80. The quantitative estimate of drug-likeness (QED) is 0.501. The van der Waals surface area contributed by atoms with E-state index >= 15 is 0 Å². The van der Waals surface area contributed by atoms with Crippen molar-refractivity contribution in [2.45, 2.75) is 33.0 Å². The molecule has 4 rings (SSSR count). The molecule has 2 aromatic heterocycles. The molecule has 3 heterocycles. The Morgan fingerprint density at radius 1 is 1.39 bits per heavy atom. The Morgan fingerprint density at radius 3 is 2.87 bits per heavy atom. The van der Waals surface area contributed by atoms with E-state index in [0.29, 0.717) is 18.6 Å². The maximum absolute atomic E-state index is 13.4. The molecule has 158 valence electrons. The van der Waals surface area contributed by atoms with Crippen molar-refractivity contribution < 1.29 is 9.13 Å². The minimum absolute atomic E-state index is 0.179. The number of benzene rings is 1. The second-order valence-corrected chi connectivity index (χ2v) is 8.15. The van der Waals surface area contributed by atoms with Gasteiger partial charge in [-0.25, -0.2) is 4.39 Å². The third kappa shape index (κ3) is 4.15. The van der Waals surface area contributed by atoms with E-state index in [9.17, 15) is 4.39 Å². The molecule has 1 aliphatic heterocycles. The van der Waals surface area contributed by atoms with Gasteiger partial charge in [0.1, 0.15) is 22.7 Å². The van der Waals surface area contributed by atoms with Crippen LogP contribution in [0.4, 0.5) is 4.39 Å². The Hall–Kier alpha value is -3.28. The van der Waals surface area contributed by atoms with Gasteiger partial charge in [-0.1, -0.05) is 24.0 Å². The normalized spacial score (nSPS) is 15.9. The summed E-state index contributed by atoms with van der Waals surface area (Å²) >= 11 is 1.57. The van der Waals surface area contributed by atoms with E-state index in [0.717, 1.165) is 38.2 Å². The van der Waals surface area contributed by atoms with Gasteiger partial charge in [-0.15, -0.1) is 21.5 Å². The lowest BCUT2D eigenvalue weighted by Gasteiger charge is -2.09. The van der Waals surface area contributed by atoms with Crippen molar-refractivity contribution >= 4 is 17.6 Å². The second kappa shape index (κ2) is 8.84. The van der Waals surface area contributed by atoms with Gasteiger partial charge in [0.15, 0.2) is 5.82 Å². The van der Waals surface area contributed by atoms with Crippen molar-refractivity contribution in [2.24, 2.45) is 10.7 Å². The van der Waals surface area contributed by atoms with E-state index < -0.39 is 0 Å². The lowest BCUT2D eigenvalue weighted by atomic mass is 10.0. The third-order valence-electron chi connectivity index (χ3n) is 5.05. The Balaban J connectivity index is 1.88. The van der Waals surface area contributed by atoms with Gasteiger partial charge in [0.25, 0.3) is 0 Å². The van der Waals surface area contributed by atoms with Gasteiger partial charge in [0, 0.05) is 25.0 Å². The average Bonchev–Trinajstić information content (AvgIpc) is 3.26. The number of aryl methyl sites for hydroxylation is 1. The largest absolute Gasteiger partial charge is 0.404 e. The number of aliphatic imine (C=N–C) groups is 1. The monoisotopic (exact) mass is 435 g/mol. The lowest BCUT2D eigenvalue weighted by Crippen LogP contribution is -2.04. The summed E-state index contributed by atoms with van der Waals surface area (Å²) < 4.78 is 21.6. The van der Waals surface area contributed by atoms with Gasteiger partial charge in [-0.2, -0.15) is 0 Å². The molecule has 0 bridgehead atoms. The number of rotatable bonds is 3. The Kier molecular flexibility index (Phi) is 5.98. The number of thiophene rings is 1. The van der Waals surface area contributed by atoms with E-state index in [2.05, 4.69) is 27.0 Å². The van der Waals surface area contributed by atoms with E-state index in [4.69, 9.17) is 10.5 Å². The number of fused-ring (bicyclic) bond motifs is 3. The van der Waals surface area contributed by atoms with Crippen LogP contribution in [0.15, 0.2) is 41.0 Å². The summed E-state index contributed by atoms with van der Waals surface area (Å²) in [5.41, 5.74) is 9.40. The van der Waals surface area contributed by atoms with E-state index in [1.807, 2.05) is 18.4 Å². The number of nitrogens with zero attached hydrogens (tertiary/aromatic N) is 4. The lowest BCUT2D eigenvalue weighted by molar-refractivity contribution is 0.0493. The predicted octanol–water partition coefficient (Wildman–Crippen LogP) is 3.85. The Labute approximate surface area is 184 Å². The van der Waals surface area contributed by atoms with Crippen LogP contribution in [0.25, 0.3) is 5.00 Å². The molecule has 6 nitrogen and oxygen atoms in total. The molecule has 1 aliphatic rings. The molecule has 3 aromatic rings. The van der Waals surface area contributed by atoms with Crippen molar-refractivity contribution in [1.82, 2.24) is 14.8 Å². The van der Waals surface area contributed by atoms with Crippen LogP contribution >= 0.6 is 11.3 Å². The molecule has 31 heavy (non-hydrogen) atoms. The van der Waals surface area contributed by atoms with Gasteiger partial charge in [-0.3, -0.25) is 9.56 Å². The fraction of sp³-hybridized carbons (Fsp3) is 0.261. The molecule has 0 unspecified atom stereocenters. The van der Waals surface area contributed by atoms with Crippen molar-refractivity contribution in [3.63, 3.8) is 0 Å². The average molecular weight is 436 g/mol.